The Morgan fingerprint density at radius 2 is 1.86 bits per heavy atom. The topological polar surface area (TPSA) is 38.3 Å². The molecule has 0 amide bonds. The van der Waals surface area contributed by atoms with Crippen molar-refractivity contribution >= 4 is 28.2 Å². The van der Waals surface area contributed by atoms with Crippen molar-refractivity contribution in [2.75, 3.05) is 0 Å². The number of hydrogen-bond donors (Lipinski definition) is 1. The minimum absolute atomic E-state index is 0.110. The zero-order valence-corrected chi connectivity index (χ0v) is 19.4. The number of ether oxygens (including phenoxy) is 1. The Morgan fingerprint density at radius 3 is 2.60 bits per heavy atom. The van der Waals surface area contributed by atoms with Gasteiger partial charge in [0, 0.05) is 6.04 Å². The van der Waals surface area contributed by atoms with Gasteiger partial charge in [-0.3, -0.25) is 4.79 Å². The predicted molar refractivity (Wildman–Crippen MR) is 131 cm³/mol. The number of halogens is 3. The van der Waals surface area contributed by atoms with E-state index >= 15 is 0 Å². The fourth-order valence-corrected chi connectivity index (χ4v) is 4.35. The van der Waals surface area contributed by atoms with Crippen molar-refractivity contribution in [2.24, 2.45) is 0 Å². The third-order valence-corrected chi connectivity index (χ3v) is 6.34. The molecule has 1 heterocycles. The second-order valence-corrected chi connectivity index (χ2v) is 9.15. The van der Waals surface area contributed by atoms with E-state index in [1.807, 2.05) is 24.3 Å². The number of benzene rings is 3. The first kappa shape index (κ1) is 23.2. The third kappa shape index (κ3) is 4.97. The maximum atomic E-state index is 13.5. The van der Waals surface area contributed by atoms with Crippen LogP contribution in [0.1, 0.15) is 54.9 Å². The molecule has 2 aliphatic rings. The molecule has 0 saturated heterocycles. The van der Waals surface area contributed by atoms with Gasteiger partial charge in [-0.05, 0) is 71.4 Å². The number of fused-ring (bicyclic) bond motifs is 1. The molecule has 0 aromatic heterocycles. The quantitative estimate of drug-likeness (QED) is 0.364. The molecule has 6 heteroatoms. The van der Waals surface area contributed by atoms with Gasteiger partial charge in [0.25, 0.3) is 0 Å². The van der Waals surface area contributed by atoms with Gasteiger partial charge in [-0.25, -0.2) is 0 Å². The van der Waals surface area contributed by atoms with E-state index in [2.05, 4.69) is 24.4 Å². The molecule has 180 valence electrons. The maximum Gasteiger partial charge on any atom is 0.416 e. The van der Waals surface area contributed by atoms with Crippen LogP contribution in [-0.2, 0) is 22.1 Å². The number of rotatable bonds is 7. The Morgan fingerprint density at radius 1 is 1.06 bits per heavy atom. The summed E-state index contributed by atoms with van der Waals surface area (Å²) in [4.78, 5) is 13.5. The van der Waals surface area contributed by atoms with Gasteiger partial charge in [0.15, 0.2) is 5.76 Å². The molecule has 1 fully saturated rings. The number of aryl methyl sites for hydroxylation is 1. The monoisotopic (exact) mass is 477 g/mol. The molecular weight excluding hydrogens is 451 g/mol. The Kier molecular flexibility index (Phi) is 6.13. The van der Waals surface area contributed by atoms with Crippen molar-refractivity contribution in [2.45, 2.75) is 51.2 Å². The average molecular weight is 478 g/mol. The van der Waals surface area contributed by atoms with E-state index in [4.69, 9.17) is 4.74 Å². The van der Waals surface area contributed by atoms with Crippen molar-refractivity contribution in [3.63, 3.8) is 0 Å². The zero-order valence-electron chi connectivity index (χ0n) is 19.4. The summed E-state index contributed by atoms with van der Waals surface area (Å²) in [6.07, 6.45) is 2.13. The van der Waals surface area contributed by atoms with Crippen LogP contribution in [0.15, 0.2) is 72.3 Å². The molecule has 3 aromatic rings. The number of Topliss-reactive ketones (excluding diaryl/α,β-unsaturated/α-hetero) is 1. The van der Waals surface area contributed by atoms with Gasteiger partial charge in [0.05, 0.1) is 11.1 Å². The summed E-state index contributed by atoms with van der Waals surface area (Å²) in [7, 11) is 0. The largest absolute Gasteiger partial charge is 0.436 e. The predicted octanol–water partition coefficient (Wildman–Crippen LogP) is 7.26. The van der Waals surface area contributed by atoms with Crippen LogP contribution in [0.4, 0.5) is 13.2 Å². The Bertz CT molecular complexity index is 1350. The van der Waals surface area contributed by atoms with Crippen LogP contribution in [0, 0.1) is 0 Å². The van der Waals surface area contributed by atoms with Crippen molar-refractivity contribution < 1.29 is 22.7 Å². The van der Waals surface area contributed by atoms with Crippen LogP contribution in [0.25, 0.3) is 22.4 Å². The van der Waals surface area contributed by atoms with Crippen LogP contribution >= 0.6 is 0 Å². The minimum Gasteiger partial charge on any atom is -0.436 e. The Labute approximate surface area is 202 Å². The second-order valence-electron chi connectivity index (χ2n) is 9.15. The van der Waals surface area contributed by atoms with Crippen molar-refractivity contribution in [1.82, 2.24) is 5.32 Å². The van der Waals surface area contributed by atoms with Crippen LogP contribution in [0.5, 0.6) is 0 Å². The molecule has 0 bridgehead atoms. The number of carbonyl (C=O) groups excluding carboxylic acids is 1. The maximum absolute atomic E-state index is 13.5. The highest BCUT2D eigenvalue weighted by Crippen LogP contribution is 2.38. The van der Waals surface area contributed by atoms with Gasteiger partial charge < -0.3 is 10.1 Å². The molecule has 0 atom stereocenters. The number of unbranched alkanes of at least 4 members (excludes halogenated alkanes) is 1. The minimum atomic E-state index is -4.50. The molecule has 1 aliphatic carbocycles. The van der Waals surface area contributed by atoms with E-state index in [0.717, 1.165) is 60.6 Å². The van der Waals surface area contributed by atoms with Crippen LogP contribution in [-0.4, -0.2) is 11.8 Å². The lowest BCUT2D eigenvalue weighted by atomic mass is 9.96. The van der Waals surface area contributed by atoms with Gasteiger partial charge in [-0.15, -0.1) is 0 Å². The summed E-state index contributed by atoms with van der Waals surface area (Å²) in [5.74, 6) is -0.0802. The molecule has 35 heavy (non-hydrogen) atoms. The molecule has 5 rings (SSSR count). The average Bonchev–Trinajstić information content (AvgIpc) is 3.60. The first-order chi connectivity index (χ1) is 16.8. The van der Waals surface area contributed by atoms with E-state index in [-0.39, 0.29) is 28.8 Å². The molecule has 3 nitrogen and oxygen atoms in total. The highest BCUT2D eigenvalue weighted by molar-refractivity contribution is 6.31. The van der Waals surface area contributed by atoms with E-state index < -0.39 is 17.5 Å². The number of alkyl halides is 3. The first-order valence-corrected chi connectivity index (χ1v) is 12.0. The number of hydrogen-bond acceptors (Lipinski definition) is 3. The van der Waals surface area contributed by atoms with Crippen molar-refractivity contribution in [1.29, 1.82) is 0 Å². The van der Waals surface area contributed by atoms with Crippen molar-refractivity contribution in [3.8, 4) is 0 Å². The summed E-state index contributed by atoms with van der Waals surface area (Å²) in [6, 6.07) is 17.2. The Balaban J connectivity index is 1.56. The summed E-state index contributed by atoms with van der Waals surface area (Å²) < 4.78 is 46.0. The molecule has 1 saturated carbocycles. The van der Waals surface area contributed by atoms with Crippen LogP contribution < -0.4 is 5.32 Å². The van der Waals surface area contributed by atoms with E-state index in [1.165, 1.54) is 17.7 Å². The van der Waals surface area contributed by atoms with E-state index in [9.17, 15) is 18.0 Å². The van der Waals surface area contributed by atoms with Crippen molar-refractivity contribution in [3.05, 3.63) is 94.6 Å². The SMILES string of the molecule is CCCCc1cc(/C=C2/OC(NC3CC3)=C(c3cccc(C(F)(F)F)c3)C2=O)c2ccccc2c1. The van der Waals surface area contributed by atoms with Gasteiger partial charge in [0.1, 0.15) is 0 Å². The lowest BCUT2D eigenvalue weighted by Gasteiger charge is -2.10. The normalized spacial score (nSPS) is 17.4. The molecule has 1 aliphatic heterocycles. The first-order valence-electron chi connectivity index (χ1n) is 12.0. The Hall–Kier alpha value is -3.54. The number of allylic oxidation sites excluding steroid dienone is 1. The molecule has 0 unspecified atom stereocenters. The molecule has 0 radical (unpaired) electrons. The second kappa shape index (κ2) is 9.25. The number of ketones is 1. The van der Waals surface area contributed by atoms with Gasteiger partial charge in [-0.2, -0.15) is 13.2 Å². The lowest BCUT2D eigenvalue weighted by molar-refractivity contribution is -0.137. The third-order valence-electron chi connectivity index (χ3n) is 6.34. The summed E-state index contributed by atoms with van der Waals surface area (Å²) in [6.45, 7) is 2.14. The highest BCUT2D eigenvalue weighted by Gasteiger charge is 2.37. The number of carbonyl (C=O) groups is 1. The summed E-state index contributed by atoms with van der Waals surface area (Å²) in [5, 5.41) is 5.25. The molecule has 1 N–H and O–H groups in total. The standard InChI is InChI=1S/C29H26F3NO2/c1-2-3-7-18-14-19-8-4-5-11-24(19)21(15-18)17-25-27(34)26(28(35-25)33-23-12-13-23)20-9-6-10-22(16-20)29(30,31)32/h4-6,8-11,14-17,23,33H,2-3,7,12-13H2,1H3/b25-17+. The van der Waals surface area contributed by atoms with E-state index in [1.54, 1.807) is 6.08 Å². The fourth-order valence-electron chi connectivity index (χ4n) is 4.35. The van der Waals surface area contributed by atoms with Gasteiger partial charge in [0.2, 0.25) is 11.7 Å². The van der Waals surface area contributed by atoms with Crippen LogP contribution in [0.3, 0.4) is 0 Å². The van der Waals surface area contributed by atoms with Gasteiger partial charge in [-0.1, -0.05) is 61.9 Å². The molecular formula is C29H26F3NO2. The zero-order chi connectivity index (χ0) is 24.6. The molecule has 3 aromatic carbocycles. The highest BCUT2D eigenvalue weighted by atomic mass is 19.4. The lowest BCUT2D eigenvalue weighted by Crippen LogP contribution is -2.16. The summed E-state index contributed by atoms with van der Waals surface area (Å²) >= 11 is 0. The fraction of sp³-hybridized carbons (Fsp3) is 0.276. The smallest absolute Gasteiger partial charge is 0.416 e. The van der Waals surface area contributed by atoms with Gasteiger partial charge >= 0.3 is 6.18 Å². The number of nitrogens with one attached hydrogen (secondary N) is 1. The van der Waals surface area contributed by atoms with E-state index in [0.29, 0.717) is 0 Å². The summed E-state index contributed by atoms with van der Waals surface area (Å²) in [5.41, 5.74) is 1.56. The van der Waals surface area contributed by atoms with Crippen LogP contribution in [0.2, 0.25) is 0 Å². The molecule has 0 spiro atoms.